The van der Waals surface area contributed by atoms with Crippen LogP contribution in [0.4, 0.5) is 0 Å². The SMILES string of the molecule is CCCCNC(=O)[C@@H](C)N(Cc1cccc(Br)c1)C(=O)COc1ccc(I)cc1. The summed E-state index contributed by atoms with van der Waals surface area (Å²) in [6.07, 6.45) is 1.91. The fourth-order valence-electron chi connectivity index (χ4n) is 2.71. The molecule has 0 radical (unpaired) electrons. The van der Waals surface area contributed by atoms with Gasteiger partial charge in [0.15, 0.2) is 6.61 Å². The summed E-state index contributed by atoms with van der Waals surface area (Å²) in [5.74, 6) is 0.235. The molecule has 0 heterocycles. The normalized spacial score (nSPS) is 11.6. The van der Waals surface area contributed by atoms with Crippen LogP contribution >= 0.6 is 38.5 Å². The molecule has 0 aromatic heterocycles. The van der Waals surface area contributed by atoms with Crippen molar-refractivity contribution in [2.75, 3.05) is 13.2 Å². The molecule has 2 amide bonds. The molecule has 7 heteroatoms. The summed E-state index contributed by atoms with van der Waals surface area (Å²) in [6.45, 7) is 4.64. The van der Waals surface area contributed by atoms with Gasteiger partial charge in [0.2, 0.25) is 5.91 Å². The van der Waals surface area contributed by atoms with E-state index in [1.54, 1.807) is 11.8 Å². The van der Waals surface area contributed by atoms with Crippen LogP contribution in [0.25, 0.3) is 0 Å². The molecule has 29 heavy (non-hydrogen) atoms. The number of amides is 2. The van der Waals surface area contributed by atoms with Crippen LogP contribution in [0.15, 0.2) is 53.0 Å². The Morgan fingerprint density at radius 2 is 1.93 bits per heavy atom. The van der Waals surface area contributed by atoms with Crippen LogP contribution in [-0.4, -0.2) is 35.9 Å². The van der Waals surface area contributed by atoms with Crippen LogP contribution in [-0.2, 0) is 16.1 Å². The largest absolute Gasteiger partial charge is 0.484 e. The van der Waals surface area contributed by atoms with Crippen molar-refractivity contribution >= 4 is 50.3 Å². The van der Waals surface area contributed by atoms with E-state index in [1.807, 2.05) is 48.5 Å². The maximum Gasteiger partial charge on any atom is 0.261 e. The predicted octanol–water partition coefficient (Wildman–Crippen LogP) is 4.77. The highest BCUT2D eigenvalue weighted by molar-refractivity contribution is 14.1. The number of unbranched alkanes of at least 4 members (excludes halogenated alkanes) is 1. The van der Waals surface area contributed by atoms with E-state index in [-0.39, 0.29) is 18.4 Å². The predicted molar refractivity (Wildman–Crippen MR) is 127 cm³/mol. The van der Waals surface area contributed by atoms with Crippen molar-refractivity contribution in [2.45, 2.75) is 39.3 Å². The Balaban J connectivity index is 2.10. The number of nitrogens with zero attached hydrogens (tertiary/aromatic N) is 1. The van der Waals surface area contributed by atoms with E-state index in [1.165, 1.54) is 0 Å². The van der Waals surface area contributed by atoms with Crippen molar-refractivity contribution in [3.8, 4) is 5.75 Å². The van der Waals surface area contributed by atoms with Crippen LogP contribution in [0.5, 0.6) is 5.75 Å². The Morgan fingerprint density at radius 1 is 1.21 bits per heavy atom. The fraction of sp³-hybridized carbons (Fsp3) is 0.364. The number of carbonyl (C=O) groups is 2. The molecule has 0 bridgehead atoms. The molecule has 2 rings (SSSR count). The van der Waals surface area contributed by atoms with Crippen molar-refractivity contribution in [3.63, 3.8) is 0 Å². The number of rotatable bonds is 10. The van der Waals surface area contributed by atoms with Gasteiger partial charge < -0.3 is 15.0 Å². The molecule has 0 aliphatic heterocycles. The first kappa shape index (κ1) is 23.7. The van der Waals surface area contributed by atoms with Crippen LogP contribution in [0.1, 0.15) is 32.3 Å². The van der Waals surface area contributed by atoms with Gasteiger partial charge in [-0.3, -0.25) is 9.59 Å². The molecule has 156 valence electrons. The van der Waals surface area contributed by atoms with Crippen molar-refractivity contribution in [1.29, 1.82) is 0 Å². The molecular formula is C22H26BrIN2O3. The molecule has 0 spiro atoms. The number of hydrogen-bond acceptors (Lipinski definition) is 3. The topological polar surface area (TPSA) is 58.6 Å². The van der Waals surface area contributed by atoms with E-state index in [0.717, 1.165) is 26.4 Å². The van der Waals surface area contributed by atoms with Gasteiger partial charge >= 0.3 is 0 Å². The maximum absolute atomic E-state index is 13.0. The highest BCUT2D eigenvalue weighted by Gasteiger charge is 2.26. The summed E-state index contributed by atoms with van der Waals surface area (Å²) in [7, 11) is 0. The lowest BCUT2D eigenvalue weighted by Crippen LogP contribution is -2.49. The minimum absolute atomic E-state index is 0.124. The standard InChI is InChI=1S/C22H26BrIN2O3/c1-3-4-12-25-22(28)16(2)26(14-17-6-5-7-18(23)13-17)21(27)15-29-20-10-8-19(24)9-11-20/h5-11,13,16H,3-4,12,14-15H2,1-2H3,(H,25,28)/t16-/m1/s1. The lowest BCUT2D eigenvalue weighted by molar-refractivity contribution is -0.142. The molecule has 5 nitrogen and oxygen atoms in total. The Bertz CT molecular complexity index is 814. The van der Waals surface area contributed by atoms with Gasteiger partial charge in [0.05, 0.1) is 0 Å². The van der Waals surface area contributed by atoms with E-state index in [2.05, 4.69) is 50.8 Å². The van der Waals surface area contributed by atoms with E-state index < -0.39 is 6.04 Å². The molecule has 0 saturated carbocycles. The summed E-state index contributed by atoms with van der Waals surface area (Å²) in [5.41, 5.74) is 0.940. The van der Waals surface area contributed by atoms with Crippen molar-refractivity contribution in [2.24, 2.45) is 0 Å². The van der Waals surface area contributed by atoms with Gasteiger partial charge in [0.1, 0.15) is 11.8 Å². The second-order valence-electron chi connectivity index (χ2n) is 6.71. The summed E-state index contributed by atoms with van der Waals surface area (Å²) in [5, 5.41) is 2.91. The van der Waals surface area contributed by atoms with Gasteiger partial charge in [-0.25, -0.2) is 0 Å². The molecule has 0 aliphatic rings. The summed E-state index contributed by atoms with van der Waals surface area (Å²) in [4.78, 5) is 27.1. The average molecular weight is 573 g/mol. The van der Waals surface area contributed by atoms with Gasteiger partial charge in [0.25, 0.3) is 5.91 Å². The zero-order valence-electron chi connectivity index (χ0n) is 16.7. The van der Waals surface area contributed by atoms with E-state index in [4.69, 9.17) is 4.74 Å². The third-order valence-corrected chi connectivity index (χ3v) is 5.63. The monoisotopic (exact) mass is 572 g/mol. The third-order valence-electron chi connectivity index (χ3n) is 4.41. The smallest absolute Gasteiger partial charge is 0.261 e. The zero-order chi connectivity index (χ0) is 21.2. The van der Waals surface area contributed by atoms with E-state index >= 15 is 0 Å². The molecule has 0 aliphatic carbocycles. The second-order valence-corrected chi connectivity index (χ2v) is 8.88. The molecule has 0 unspecified atom stereocenters. The number of benzene rings is 2. The highest BCUT2D eigenvalue weighted by Crippen LogP contribution is 2.17. The molecule has 0 fully saturated rings. The zero-order valence-corrected chi connectivity index (χ0v) is 20.4. The molecule has 2 aromatic rings. The molecular weight excluding hydrogens is 547 g/mol. The minimum Gasteiger partial charge on any atom is -0.484 e. The Morgan fingerprint density at radius 3 is 2.59 bits per heavy atom. The molecule has 0 saturated heterocycles. The minimum atomic E-state index is -0.598. The molecule has 1 N–H and O–H groups in total. The van der Waals surface area contributed by atoms with Crippen molar-refractivity contribution in [3.05, 3.63) is 62.1 Å². The van der Waals surface area contributed by atoms with Gasteiger partial charge in [-0.1, -0.05) is 41.4 Å². The van der Waals surface area contributed by atoms with Crippen molar-refractivity contribution < 1.29 is 14.3 Å². The quantitative estimate of drug-likeness (QED) is 0.330. The first-order valence-electron chi connectivity index (χ1n) is 9.60. The van der Waals surface area contributed by atoms with E-state index in [9.17, 15) is 9.59 Å². The number of ether oxygens (including phenoxy) is 1. The van der Waals surface area contributed by atoms with Gasteiger partial charge in [0, 0.05) is 21.1 Å². The second kappa shape index (κ2) is 12.2. The summed E-state index contributed by atoms with van der Waals surface area (Å²) in [6, 6.07) is 14.6. The molecule has 1 atom stereocenters. The number of halogens is 2. The summed E-state index contributed by atoms with van der Waals surface area (Å²) < 4.78 is 7.68. The number of nitrogens with one attached hydrogen (secondary N) is 1. The highest BCUT2D eigenvalue weighted by atomic mass is 127. The van der Waals surface area contributed by atoms with Gasteiger partial charge in [-0.05, 0) is 77.9 Å². The van der Waals surface area contributed by atoms with Crippen molar-refractivity contribution in [1.82, 2.24) is 10.2 Å². The number of hydrogen-bond donors (Lipinski definition) is 1. The Kier molecular flexibility index (Phi) is 9.93. The first-order chi connectivity index (χ1) is 13.9. The molecule has 2 aromatic carbocycles. The third kappa shape index (κ3) is 7.97. The average Bonchev–Trinajstić information content (AvgIpc) is 2.71. The van der Waals surface area contributed by atoms with Gasteiger partial charge in [-0.15, -0.1) is 0 Å². The van der Waals surface area contributed by atoms with Crippen LogP contribution in [0.3, 0.4) is 0 Å². The fourth-order valence-corrected chi connectivity index (χ4v) is 3.52. The lowest BCUT2D eigenvalue weighted by Gasteiger charge is -2.28. The Hall–Kier alpha value is -1.61. The first-order valence-corrected chi connectivity index (χ1v) is 11.5. The van der Waals surface area contributed by atoms with Crippen LogP contribution in [0, 0.1) is 3.57 Å². The van der Waals surface area contributed by atoms with Gasteiger partial charge in [-0.2, -0.15) is 0 Å². The maximum atomic E-state index is 13.0. The lowest BCUT2D eigenvalue weighted by atomic mass is 10.1. The van der Waals surface area contributed by atoms with E-state index in [0.29, 0.717) is 18.8 Å². The number of carbonyl (C=O) groups excluding carboxylic acids is 2. The van der Waals surface area contributed by atoms with Crippen LogP contribution in [0.2, 0.25) is 0 Å². The Labute approximate surface area is 194 Å². The summed E-state index contributed by atoms with van der Waals surface area (Å²) >= 11 is 5.67. The van der Waals surface area contributed by atoms with Crippen LogP contribution < -0.4 is 10.1 Å².